The lowest BCUT2D eigenvalue weighted by molar-refractivity contribution is 0.264. The van der Waals surface area contributed by atoms with E-state index in [1.165, 1.54) is 0 Å². The van der Waals surface area contributed by atoms with Crippen molar-refractivity contribution in [2.45, 2.75) is 20.1 Å². The van der Waals surface area contributed by atoms with E-state index in [4.69, 9.17) is 32.7 Å². The van der Waals surface area contributed by atoms with Gasteiger partial charge in [0.05, 0.1) is 18.2 Å². The minimum absolute atomic E-state index is 0.142. The van der Waals surface area contributed by atoms with Crippen LogP contribution < -0.4 is 9.47 Å². The molecule has 112 valence electrons. The maximum atomic E-state index is 9.24. The molecule has 0 heterocycles. The monoisotopic (exact) mass is 326 g/mol. The summed E-state index contributed by atoms with van der Waals surface area (Å²) in [6.07, 6.45) is 0. The van der Waals surface area contributed by atoms with Crippen LogP contribution in [-0.2, 0) is 13.2 Å². The third-order valence-corrected chi connectivity index (χ3v) is 3.49. The van der Waals surface area contributed by atoms with Crippen LogP contribution in [0, 0.1) is 0 Å². The lowest BCUT2D eigenvalue weighted by Gasteiger charge is -2.14. The number of hydrogen-bond donors (Lipinski definition) is 1. The van der Waals surface area contributed by atoms with E-state index in [-0.39, 0.29) is 6.61 Å². The molecule has 1 N–H and O–H groups in total. The molecule has 0 aromatic heterocycles. The van der Waals surface area contributed by atoms with Crippen LogP contribution >= 0.6 is 23.2 Å². The van der Waals surface area contributed by atoms with Crippen molar-refractivity contribution in [3.05, 3.63) is 57.6 Å². The van der Waals surface area contributed by atoms with Gasteiger partial charge < -0.3 is 14.6 Å². The van der Waals surface area contributed by atoms with E-state index < -0.39 is 0 Å². The molecule has 0 spiro atoms. The molecular formula is C16H16Cl2O3. The van der Waals surface area contributed by atoms with Gasteiger partial charge in [-0.05, 0) is 36.2 Å². The Bertz CT molecular complexity index is 597. The number of benzene rings is 2. The summed E-state index contributed by atoms with van der Waals surface area (Å²) in [5.41, 5.74) is 1.60. The minimum Gasteiger partial charge on any atom is -0.490 e. The van der Waals surface area contributed by atoms with Crippen molar-refractivity contribution in [3.63, 3.8) is 0 Å². The molecule has 2 aromatic rings. The van der Waals surface area contributed by atoms with Gasteiger partial charge >= 0.3 is 0 Å². The van der Waals surface area contributed by atoms with Crippen LogP contribution in [0.25, 0.3) is 0 Å². The largest absolute Gasteiger partial charge is 0.490 e. The Balaban J connectivity index is 2.17. The fraction of sp³-hybridized carbons (Fsp3) is 0.250. The highest BCUT2D eigenvalue weighted by atomic mass is 35.5. The minimum atomic E-state index is -0.142. The van der Waals surface area contributed by atoms with Crippen molar-refractivity contribution in [3.8, 4) is 11.5 Å². The van der Waals surface area contributed by atoms with Gasteiger partial charge in [-0.15, -0.1) is 0 Å². The van der Waals surface area contributed by atoms with Gasteiger partial charge in [-0.3, -0.25) is 0 Å². The van der Waals surface area contributed by atoms with E-state index in [1.807, 2.05) is 31.2 Å². The third kappa shape index (κ3) is 4.27. The first-order chi connectivity index (χ1) is 10.1. The van der Waals surface area contributed by atoms with Gasteiger partial charge in [-0.25, -0.2) is 0 Å². The van der Waals surface area contributed by atoms with Gasteiger partial charge in [0.15, 0.2) is 11.5 Å². The first-order valence-electron chi connectivity index (χ1n) is 6.57. The second-order valence-corrected chi connectivity index (χ2v) is 5.24. The van der Waals surface area contributed by atoms with Crippen molar-refractivity contribution in [2.75, 3.05) is 6.61 Å². The van der Waals surface area contributed by atoms with E-state index in [9.17, 15) is 5.11 Å². The zero-order valence-electron chi connectivity index (χ0n) is 11.6. The lowest BCUT2D eigenvalue weighted by Crippen LogP contribution is -2.01. The van der Waals surface area contributed by atoms with Crippen LogP contribution in [0.3, 0.4) is 0 Å². The molecule has 0 saturated carbocycles. The molecular weight excluding hydrogens is 311 g/mol. The molecule has 0 fully saturated rings. The van der Waals surface area contributed by atoms with Gasteiger partial charge in [-0.2, -0.15) is 0 Å². The number of ether oxygens (including phenoxy) is 2. The van der Waals surface area contributed by atoms with E-state index in [1.54, 1.807) is 12.1 Å². The number of rotatable bonds is 6. The van der Waals surface area contributed by atoms with Gasteiger partial charge in [0.1, 0.15) is 6.61 Å². The number of aliphatic hydroxyl groups is 1. The Labute approximate surface area is 134 Å². The molecule has 0 unspecified atom stereocenters. The van der Waals surface area contributed by atoms with Crippen molar-refractivity contribution in [1.82, 2.24) is 0 Å². The third-order valence-electron chi connectivity index (χ3n) is 2.89. The fourth-order valence-corrected chi connectivity index (χ4v) is 2.16. The van der Waals surface area contributed by atoms with Crippen molar-refractivity contribution < 1.29 is 14.6 Å². The topological polar surface area (TPSA) is 38.7 Å². The average Bonchev–Trinajstić information content (AvgIpc) is 2.49. The average molecular weight is 327 g/mol. The molecule has 0 amide bonds. The zero-order valence-corrected chi connectivity index (χ0v) is 13.1. The van der Waals surface area contributed by atoms with Crippen molar-refractivity contribution >= 4 is 23.2 Å². The highest BCUT2D eigenvalue weighted by molar-refractivity contribution is 6.31. The van der Waals surface area contributed by atoms with Crippen LogP contribution in [-0.4, -0.2) is 11.7 Å². The maximum absolute atomic E-state index is 9.24. The summed E-state index contributed by atoms with van der Waals surface area (Å²) in [5, 5.41) is 10.4. The van der Waals surface area contributed by atoms with Crippen LogP contribution in [0.15, 0.2) is 36.4 Å². The summed E-state index contributed by atoms with van der Waals surface area (Å²) in [5.74, 6) is 1.12. The smallest absolute Gasteiger partial charge is 0.163 e. The van der Waals surface area contributed by atoms with E-state index in [0.29, 0.717) is 40.3 Å². The Kier molecular flexibility index (Phi) is 5.74. The molecule has 21 heavy (non-hydrogen) atoms. The molecule has 5 heteroatoms. The van der Waals surface area contributed by atoms with E-state index >= 15 is 0 Å². The molecule has 2 aromatic carbocycles. The molecule has 0 aliphatic heterocycles. The SMILES string of the molecule is CCOc1cc(CO)c(Cl)cc1OCc1ccc(Cl)cc1. The van der Waals surface area contributed by atoms with Gasteiger partial charge in [-0.1, -0.05) is 35.3 Å². The molecule has 0 aliphatic carbocycles. The zero-order chi connectivity index (χ0) is 15.2. The first kappa shape index (κ1) is 16.0. The predicted octanol–water partition coefficient (Wildman–Crippen LogP) is 4.46. The van der Waals surface area contributed by atoms with E-state index in [2.05, 4.69) is 0 Å². The normalized spacial score (nSPS) is 10.5. The quantitative estimate of drug-likeness (QED) is 0.851. The van der Waals surface area contributed by atoms with Crippen LogP contribution in [0.5, 0.6) is 11.5 Å². The Hall–Kier alpha value is -1.42. The Morgan fingerprint density at radius 3 is 2.29 bits per heavy atom. The lowest BCUT2D eigenvalue weighted by atomic mass is 10.2. The molecule has 0 bridgehead atoms. The second-order valence-electron chi connectivity index (χ2n) is 4.40. The molecule has 0 saturated heterocycles. The number of hydrogen-bond acceptors (Lipinski definition) is 3. The summed E-state index contributed by atoms with van der Waals surface area (Å²) in [7, 11) is 0. The summed E-state index contributed by atoms with van der Waals surface area (Å²) in [6, 6.07) is 10.8. The van der Waals surface area contributed by atoms with Gasteiger partial charge in [0, 0.05) is 11.1 Å². The molecule has 0 atom stereocenters. The second kappa shape index (κ2) is 7.55. The summed E-state index contributed by atoms with van der Waals surface area (Å²) in [4.78, 5) is 0. The van der Waals surface area contributed by atoms with Crippen molar-refractivity contribution in [2.24, 2.45) is 0 Å². The standard InChI is InChI=1S/C16H16Cl2O3/c1-2-20-15-7-12(9-19)14(18)8-16(15)21-10-11-3-5-13(17)6-4-11/h3-8,19H,2,9-10H2,1H3. The number of aliphatic hydroxyl groups excluding tert-OH is 1. The summed E-state index contributed by atoms with van der Waals surface area (Å²) in [6.45, 7) is 2.63. The van der Waals surface area contributed by atoms with Gasteiger partial charge in [0.25, 0.3) is 0 Å². The van der Waals surface area contributed by atoms with E-state index in [0.717, 1.165) is 5.56 Å². The highest BCUT2D eigenvalue weighted by Crippen LogP contribution is 2.34. The predicted molar refractivity (Wildman–Crippen MR) is 84.3 cm³/mol. The molecule has 2 rings (SSSR count). The van der Waals surface area contributed by atoms with Crippen LogP contribution in [0.4, 0.5) is 0 Å². The maximum Gasteiger partial charge on any atom is 0.163 e. The van der Waals surface area contributed by atoms with Crippen LogP contribution in [0.2, 0.25) is 10.0 Å². The summed E-state index contributed by atoms with van der Waals surface area (Å²) >= 11 is 11.9. The fourth-order valence-electron chi connectivity index (χ4n) is 1.82. The molecule has 0 aliphatic rings. The first-order valence-corrected chi connectivity index (χ1v) is 7.33. The Morgan fingerprint density at radius 2 is 1.67 bits per heavy atom. The van der Waals surface area contributed by atoms with Crippen molar-refractivity contribution in [1.29, 1.82) is 0 Å². The molecule has 3 nitrogen and oxygen atoms in total. The van der Waals surface area contributed by atoms with Gasteiger partial charge in [0.2, 0.25) is 0 Å². The Morgan fingerprint density at radius 1 is 1.00 bits per heavy atom. The molecule has 0 radical (unpaired) electrons. The van der Waals surface area contributed by atoms with Crippen LogP contribution in [0.1, 0.15) is 18.1 Å². The summed E-state index contributed by atoms with van der Waals surface area (Å²) < 4.78 is 11.3. The number of halogens is 2. The highest BCUT2D eigenvalue weighted by Gasteiger charge is 2.11.